The highest BCUT2D eigenvalue weighted by Gasteiger charge is 2.34. The van der Waals surface area contributed by atoms with Crippen LogP contribution < -0.4 is 10.2 Å². The lowest BCUT2D eigenvalue weighted by molar-refractivity contribution is -0.137. The first-order valence-corrected chi connectivity index (χ1v) is 14.2. The van der Waals surface area contributed by atoms with Crippen LogP contribution in [0.4, 0.5) is 24.7 Å². The lowest BCUT2D eigenvalue weighted by Crippen LogP contribution is -2.47. The van der Waals surface area contributed by atoms with E-state index in [1.165, 1.54) is 17.7 Å². The van der Waals surface area contributed by atoms with Crippen LogP contribution >= 0.6 is 0 Å². The maximum Gasteiger partial charge on any atom is 0.417 e. The van der Waals surface area contributed by atoms with Gasteiger partial charge in [0, 0.05) is 62.8 Å². The first kappa shape index (κ1) is 28.7. The molecule has 3 heterocycles. The van der Waals surface area contributed by atoms with Gasteiger partial charge in [-0.15, -0.1) is 0 Å². The summed E-state index contributed by atoms with van der Waals surface area (Å²) in [5.41, 5.74) is 1.26. The lowest BCUT2D eigenvalue weighted by atomic mass is 10.0. The Bertz CT molecular complexity index is 1420. The first-order chi connectivity index (χ1) is 19.7. The van der Waals surface area contributed by atoms with Crippen molar-refractivity contribution < 1.29 is 18.0 Å². The van der Waals surface area contributed by atoms with Crippen LogP contribution in [0, 0.1) is 18.3 Å². The van der Waals surface area contributed by atoms with Crippen molar-refractivity contribution in [3.63, 3.8) is 0 Å². The lowest BCUT2D eigenvalue weighted by Gasteiger charge is -2.36. The number of anilines is 2. The van der Waals surface area contributed by atoms with Crippen molar-refractivity contribution in [3.05, 3.63) is 65.2 Å². The SMILES string of the molecule is Cc1ccc2nc(N3CCN(CCCC(=O)N4CCC(Nc5ccc(C#N)c(C(F)(F)F)c5)CC4)CC3)ccc2c1. The molecule has 0 atom stereocenters. The van der Waals surface area contributed by atoms with E-state index >= 15 is 0 Å². The van der Waals surface area contributed by atoms with Crippen LogP contribution in [-0.4, -0.2) is 72.5 Å². The van der Waals surface area contributed by atoms with Crippen LogP contribution in [0.5, 0.6) is 0 Å². The molecule has 7 nitrogen and oxygen atoms in total. The molecule has 1 amide bonds. The average Bonchev–Trinajstić information content (AvgIpc) is 2.97. The Balaban J connectivity index is 1.02. The topological polar surface area (TPSA) is 75.5 Å². The van der Waals surface area contributed by atoms with E-state index in [9.17, 15) is 18.0 Å². The van der Waals surface area contributed by atoms with Crippen molar-refractivity contribution in [1.29, 1.82) is 5.26 Å². The number of alkyl halides is 3. The summed E-state index contributed by atoms with van der Waals surface area (Å²) in [5, 5.41) is 13.3. The Hall–Kier alpha value is -3.84. The fourth-order valence-electron chi connectivity index (χ4n) is 5.70. The van der Waals surface area contributed by atoms with Crippen LogP contribution in [0.2, 0.25) is 0 Å². The third-order valence-corrected chi connectivity index (χ3v) is 8.06. The van der Waals surface area contributed by atoms with E-state index in [1.54, 1.807) is 6.07 Å². The van der Waals surface area contributed by atoms with Gasteiger partial charge in [-0.2, -0.15) is 18.4 Å². The van der Waals surface area contributed by atoms with Gasteiger partial charge in [-0.1, -0.05) is 11.6 Å². The Morgan fingerprint density at radius 3 is 2.49 bits per heavy atom. The molecule has 0 aliphatic carbocycles. The number of piperazine rings is 1. The Labute approximate surface area is 238 Å². The molecule has 0 spiro atoms. The molecular weight excluding hydrogens is 529 g/mol. The molecule has 1 aromatic heterocycles. The van der Waals surface area contributed by atoms with Crippen molar-refractivity contribution in [2.24, 2.45) is 0 Å². The molecule has 1 N–H and O–H groups in total. The number of pyridine rings is 1. The van der Waals surface area contributed by atoms with Crippen molar-refractivity contribution in [2.75, 3.05) is 56.0 Å². The summed E-state index contributed by atoms with van der Waals surface area (Å²) in [7, 11) is 0. The van der Waals surface area contributed by atoms with Gasteiger partial charge in [-0.05, 0) is 75.2 Å². The summed E-state index contributed by atoms with van der Waals surface area (Å²) in [4.78, 5) is 24.2. The second-order valence-corrected chi connectivity index (χ2v) is 11.0. The highest BCUT2D eigenvalue weighted by molar-refractivity contribution is 5.81. The fraction of sp³-hybridized carbons (Fsp3) is 0.452. The van der Waals surface area contributed by atoms with Crippen LogP contribution in [0.25, 0.3) is 10.9 Å². The number of hydrogen-bond donors (Lipinski definition) is 1. The minimum absolute atomic E-state index is 0.0226. The van der Waals surface area contributed by atoms with Gasteiger partial charge in [0.1, 0.15) is 5.82 Å². The summed E-state index contributed by atoms with van der Waals surface area (Å²) in [6.07, 6.45) is -1.96. The van der Waals surface area contributed by atoms with E-state index < -0.39 is 11.7 Å². The summed E-state index contributed by atoms with van der Waals surface area (Å²) in [5.74, 6) is 1.14. The number of piperidine rings is 1. The Morgan fingerprint density at radius 2 is 1.78 bits per heavy atom. The van der Waals surface area contributed by atoms with Crippen molar-refractivity contribution in [2.45, 2.75) is 44.8 Å². The molecule has 2 fully saturated rings. The van der Waals surface area contributed by atoms with Crippen LogP contribution in [0.3, 0.4) is 0 Å². The van der Waals surface area contributed by atoms with E-state index in [1.807, 2.05) is 4.90 Å². The van der Waals surface area contributed by atoms with Gasteiger partial charge in [-0.25, -0.2) is 4.98 Å². The van der Waals surface area contributed by atoms with Gasteiger partial charge < -0.3 is 15.1 Å². The molecule has 2 aliphatic rings. The van der Waals surface area contributed by atoms with Gasteiger partial charge in [0.25, 0.3) is 0 Å². The number of halogens is 3. The molecular formula is C31H35F3N6O. The standard InChI is InChI=1S/C31H35F3N6O/c1-22-4-8-28-23(19-22)6-9-29(37-28)39-17-15-38(16-18-39)12-2-3-30(41)40-13-10-25(11-14-40)36-26-7-5-24(21-35)27(20-26)31(32,33)34/h4-9,19-20,25,36H,2-3,10-18H2,1H3. The molecule has 2 saturated heterocycles. The second-order valence-electron chi connectivity index (χ2n) is 11.0. The number of hydrogen-bond acceptors (Lipinski definition) is 6. The predicted octanol–water partition coefficient (Wildman–Crippen LogP) is 5.44. The zero-order valence-electron chi connectivity index (χ0n) is 23.3. The third-order valence-electron chi connectivity index (χ3n) is 8.06. The molecule has 2 aromatic carbocycles. The van der Waals surface area contributed by atoms with Crippen LogP contribution in [0.15, 0.2) is 48.5 Å². The Kier molecular flexibility index (Phi) is 8.64. The number of aromatic nitrogens is 1. The summed E-state index contributed by atoms with van der Waals surface area (Å²) >= 11 is 0. The van der Waals surface area contributed by atoms with E-state index in [2.05, 4.69) is 52.4 Å². The molecule has 0 radical (unpaired) electrons. The normalized spacial score (nSPS) is 17.0. The number of carbonyl (C=O) groups is 1. The van der Waals surface area contributed by atoms with Gasteiger partial charge in [0.15, 0.2) is 0 Å². The van der Waals surface area contributed by atoms with Crippen LogP contribution in [0.1, 0.15) is 42.4 Å². The van der Waals surface area contributed by atoms with Gasteiger partial charge in [-0.3, -0.25) is 9.69 Å². The Morgan fingerprint density at radius 1 is 1.02 bits per heavy atom. The number of likely N-dealkylation sites (tertiary alicyclic amines) is 1. The molecule has 0 saturated carbocycles. The van der Waals surface area contributed by atoms with Crippen molar-refractivity contribution in [3.8, 4) is 6.07 Å². The van der Waals surface area contributed by atoms with E-state index in [4.69, 9.17) is 10.2 Å². The monoisotopic (exact) mass is 564 g/mol. The zero-order valence-corrected chi connectivity index (χ0v) is 23.3. The largest absolute Gasteiger partial charge is 0.417 e. The van der Waals surface area contributed by atoms with E-state index in [0.29, 0.717) is 38.0 Å². The number of benzene rings is 2. The summed E-state index contributed by atoms with van der Waals surface area (Å²) in [6, 6.07) is 15.8. The van der Waals surface area contributed by atoms with Crippen LogP contribution in [-0.2, 0) is 11.0 Å². The number of rotatable bonds is 7. The first-order valence-electron chi connectivity index (χ1n) is 14.2. The quantitative estimate of drug-likeness (QED) is 0.412. The summed E-state index contributed by atoms with van der Waals surface area (Å²) < 4.78 is 39.8. The molecule has 0 unspecified atom stereocenters. The smallest absolute Gasteiger partial charge is 0.382 e. The number of fused-ring (bicyclic) bond motifs is 1. The van der Waals surface area contributed by atoms with Gasteiger partial charge in [0.2, 0.25) is 5.91 Å². The number of carbonyl (C=O) groups excluding carboxylic acids is 1. The number of nitrogens with one attached hydrogen (secondary N) is 1. The highest BCUT2D eigenvalue weighted by atomic mass is 19.4. The number of amides is 1. The zero-order chi connectivity index (χ0) is 29.0. The van der Waals surface area contributed by atoms with Gasteiger partial charge in [0.05, 0.1) is 22.7 Å². The fourth-order valence-corrected chi connectivity index (χ4v) is 5.70. The predicted molar refractivity (Wildman–Crippen MR) is 154 cm³/mol. The van der Waals surface area contributed by atoms with Gasteiger partial charge >= 0.3 is 6.18 Å². The number of aryl methyl sites for hydroxylation is 1. The maximum absolute atomic E-state index is 13.3. The second kappa shape index (κ2) is 12.4. The average molecular weight is 565 g/mol. The van der Waals surface area contributed by atoms with Crippen molar-refractivity contribution in [1.82, 2.24) is 14.8 Å². The highest BCUT2D eigenvalue weighted by Crippen LogP contribution is 2.34. The molecule has 3 aromatic rings. The van der Waals surface area contributed by atoms with E-state index in [0.717, 1.165) is 61.9 Å². The third kappa shape index (κ3) is 7.09. The minimum atomic E-state index is -4.58. The number of nitrogens with zero attached hydrogens (tertiary/aromatic N) is 5. The molecule has 5 rings (SSSR count). The molecule has 10 heteroatoms. The number of nitriles is 1. The summed E-state index contributed by atoms with van der Waals surface area (Å²) in [6.45, 7) is 7.80. The minimum Gasteiger partial charge on any atom is -0.382 e. The maximum atomic E-state index is 13.3. The molecule has 0 bridgehead atoms. The molecule has 2 aliphatic heterocycles. The molecule has 216 valence electrons. The van der Waals surface area contributed by atoms with Crippen molar-refractivity contribution >= 4 is 28.3 Å². The van der Waals surface area contributed by atoms with E-state index in [-0.39, 0.29) is 17.5 Å². The molecule has 41 heavy (non-hydrogen) atoms.